The molecule has 12 heavy (non-hydrogen) atoms. The summed E-state index contributed by atoms with van der Waals surface area (Å²) in [7, 11) is 0. The van der Waals surface area contributed by atoms with Gasteiger partial charge in [-0.2, -0.15) is 0 Å². The van der Waals surface area contributed by atoms with Crippen LogP contribution in [-0.4, -0.2) is 10.2 Å². The Morgan fingerprint density at radius 2 is 2.50 bits per heavy atom. The zero-order chi connectivity index (χ0) is 8.72. The maximum absolute atomic E-state index is 12.9. The van der Waals surface area contributed by atoms with Crippen molar-refractivity contribution in [3.05, 3.63) is 29.0 Å². The van der Waals surface area contributed by atoms with Crippen LogP contribution in [0.3, 0.4) is 0 Å². The van der Waals surface area contributed by atoms with Crippen molar-refractivity contribution in [2.75, 3.05) is 0 Å². The Labute approximate surface area is 67.2 Å². The van der Waals surface area contributed by atoms with Crippen molar-refractivity contribution in [2.45, 2.75) is 6.92 Å². The van der Waals surface area contributed by atoms with Gasteiger partial charge in [0.1, 0.15) is 11.1 Å². The van der Waals surface area contributed by atoms with E-state index < -0.39 is 5.82 Å². The number of hydrogen-bond donors (Lipinski definition) is 1. The lowest BCUT2D eigenvalue weighted by Crippen LogP contribution is -2.32. The monoisotopic (exact) mass is 166 g/mol. The number of pyridine rings is 1. The highest BCUT2D eigenvalue weighted by molar-refractivity contribution is 5.69. The van der Waals surface area contributed by atoms with E-state index in [0.717, 1.165) is 0 Å². The van der Waals surface area contributed by atoms with Crippen molar-refractivity contribution in [2.24, 2.45) is 0 Å². The van der Waals surface area contributed by atoms with E-state index in [1.165, 1.54) is 13.0 Å². The highest BCUT2D eigenvalue weighted by atomic mass is 19.1. The molecular formula is C7H5FN3O. The van der Waals surface area contributed by atoms with Crippen molar-refractivity contribution < 1.29 is 9.12 Å². The van der Waals surface area contributed by atoms with Crippen LogP contribution in [0.5, 0.6) is 0 Å². The molecule has 1 N–H and O–H groups in total. The third-order valence-corrected chi connectivity index (χ3v) is 1.72. The number of nitrogens with one attached hydrogen (secondary N) is 1. The molecule has 2 rings (SSSR count). The predicted octanol–water partition coefficient (Wildman–Crippen LogP) is 0.444. The van der Waals surface area contributed by atoms with Crippen LogP contribution in [0.1, 0.15) is 5.69 Å². The second-order valence-electron chi connectivity index (χ2n) is 2.47. The topological polar surface area (TPSA) is 55.6 Å². The van der Waals surface area contributed by atoms with Crippen LogP contribution in [0.15, 0.2) is 6.07 Å². The van der Waals surface area contributed by atoms with E-state index in [1.54, 1.807) is 0 Å². The standard InChI is InChI=1S/C7H5FN3O/c1-4-6(8)2-5-3-9-10-7(5)11(4)12/h2H,1H3,(H,9,10). The zero-order valence-electron chi connectivity index (χ0n) is 6.26. The Balaban J connectivity index is 2.94. The molecule has 1 radical (unpaired) electrons. The van der Waals surface area contributed by atoms with Crippen molar-refractivity contribution in [3.8, 4) is 0 Å². The average molecular weight is 166 g/mol. The summed E-state index contributed by atoms with van der Waals surface area (Å²) in [4.78, 5) is 0. The molecule has 4 nitrogen and oxygen atoms in total. The fourth-order valence-corrected chi connectivity index (χ4v) is 1.01. The highest BCUT2D eigenvalue weighted by Crippen LogP contribution is 2.09. The van der Waals surface area contributed by atoms with E-state index in [4.69, 9.17) is 0 Å². The number of aromatic amines is 1. The third-order valence-electron chi connectivity index (χ3n) is 1.72. The molecule has 5 heteroatoms. The minimum atomic E-state index is -0.546. The molecule has 61 valence electrons. The second-order valence-corrected chi connectivity index (χ2v) is 2.47. The number of halogens is 1. The predicted molar refractivity (Wildman–Crippen MR) is 38.6 cm³/mol. The van der Waals surface area contributed by atoms with E-state index in [2.05, 4.69) is 16.4 Å². The molecular weight excluding hydrogens is 161 g/mol. The van der Waals surface area contributed by atoms with Gasteiger partial charge in [-0.3, -0.25) is 0 Å². The van der Waals surface area contributed by atoms with E-state index in [9.17, 15) is 9.60 Å². The molecule has 2 aromatic rings. The number of H-pyrrole nitrogens is 1. The molecule has 0 bridgehead atoms. The largest absolute Gasteiger partial charge is 0.710 e. The van der Waals surface area contributed by atoms with Crippen LogP contribution < -0.4 is 4.73 Å². The summed E-state index contributed by atoms with van der Waals surface area (Å²) in [6, 6.07) is 1.22. The Hall–Kier alpha value is -1.65. The van der Waals surface area contributed by atoms with Crippen LogP contribution in [0.4, 0.5) is 4.39 Å². The lowest BCUT2D eigenvalue weighted by molar-refractivity contribution is -0.588. The van der Waals surface area contributed by atoms with Crippen LogP contribution in [-0.2, 0) is 0 Å². The van der Waals surface area contributed by atoms with Crippen molar-refractivity contribution >= 4 is 11.0 Å². The molecule has 0 aromatic carbocycles. The van der Waals surface area contributed by atoms with Crippen LogP contribution >= 0.6 is 0 Å². The fraction of sp³-hybridized carbons (Fsp3) is 0.143. The molecule has 0 fully saturated rings. The van der Waals surface area contributed by atoms with Gasteiger partial charge in [0.2, 0.25) is 0 Å². The summed E-state index contributed by atoms with van der Waals surface area (Å²) in [5, 5.41) is 17.5. The van der Waals surface area contributed by atoms with Gasteiger partial charge in [-0.05, 0) is 6.07 Å². The molecule has 2 heterocycles. The van der Waals surface area contributed by atoms with E-state index in [1.807, 2.05) is 0 Å². The minimum absolute atomic E-state index is 0.0279. The van der Waals surface area contributed by atoms with Crippen molar-refractivity contribution in [3.63, 3.8) is 0 Å². The number of rotatable bonds is 0. The smallest absolute Gasteiger partial charge is 0.312 e. The van der Waals surface area contributed by atoms with Crippen molar-refractivity contribution in [1.29, 1.82) is 0 Å². The summed E-state index contributed by atoms with van der Waals surface area (Å²) in [6.07, 6.45) is 2.46. The molecule has 0 atom stereocenters. The van der Waals surface area contributed by atoms with Gasteiger partial charge >= 0.3 is 5.65 Å². The number of hydrogen-bond acceptors (Lipinski definition) is 2. The molecule has 0 aliphatic carbocycles. The normalized spacial score (nSPS) is 10.8. The first kappa shape index (κ1) is 7.02. The second kappa shape index (κ2) is 2.17. The summed E-state index contributed by atoms with van der Waals surface area (Å²) < 4.78 is 13.4. The lowest BCUT2D eigenvalue weighted by atomic mass is 10.3. The SMILES string of the molecule is Cc1c(F)cc2[c]n[nH]c2[n+]1[O-]. The molecule has 0 aliphatic heterocycles. The molecule has 0 spiro atoms. The van der Waals surface area contributed by atoms with Crippen molar-refractivity contribution in [1.82, 2.24) is 10.2 Å². The maximum atomic E-state index is 12.9. The lowest BCUT2D eigenvalue weighted by Gasteiger charge is -2.05. The van der Waals surface area contributed by atoms with Gasteiger partial charge in [0.05, 0.1) is 0 Å². The van der Waals surface area contributed by atoms with Gasteiger partial charge in [-0.25, -0.2) is 9.12 Å². The summed E-state index contributed by atoms with van der Waals surface area (Å²) in [5.41, 5.74) is 0.258. The molecule has 0 unspecified atom stereocenters. The van der Waals surface area contributed by atoms with Gasteiger partial charge < -0.3 is 5.21 Å². The molecule has 0 amide bonds. The molecule has 0 saturated heterocycles. The number of aromatic nitrogens is 3. The van der Waals surface area contributed by atoms with Gasteiger partial charge in [-0.15, -0.1) is 5.10 Å². The number of fused-ring (bicyclic) bond motifs is 1. The van der Waals surface area contributed by atoms with E-state index in [-0.39, 0.29) is 11.3 Å². The van der Waals surface area contributed by atoms with E-state index in [0.29, 0.717) is 10.1 Å². The molecule has 0 saturated carbocycles. The Kier molecular flexibility index (Phi) is 1.27. The first-order valence-electron chi connectivity index (χ1n) is 3.34. The van der Waals surface area contributed by atoms with Crippen LogP contribution in [0.25, 0.3) is 11.0 Å². The Morgan fingerprint density at radius 3 is 3.25 bits per heavy atom. The van der Waals surface area contributed by atoms with Gasteiger partial charge in [0.15, 0.2) is 12.0 Å². The summed E-state index contributed by atoms with van der Waals surface area (Å²) >= 11 is 0. The van der Waals surface area contributed by atoms with Gasteiger partial charge in [-0.1, -0.05) is 5.10 Å². The minimum Gasteiger partial charge on any atom is -0.710 e. The first-order valence-corrected chi connectivity index (χ1v) is 3.34. The summed E-state index contributed by atoms with van der Waals surface area (Å²) in [5.74, 6) is -0.546. The number of nitrogens with zero attached hydrogens (tertiary/aromatic N) is 2. The molecule has 0 aliphatic rings. The van der Waals surface area contributed by atoms with Crippen LogP contribution in [0, 0.1) is 24.1 Å². The fourth-order valence-electron chi connectivity index (χ4n) is 1.01. The average Bonchev–Trinajstić information content (AvgIpc) is 2.48. The molecule has 2 aromatic heterocycles. The zero-order valence-corrected chi connectivity index (χ0v) is 6.26. The first-order chi connectivity index (χ1) is 5.70. The Bertz CT molecular complexity index is 437. The summed E-state index contributed by atoms with van der Waals surface area (Å²) in [6.45, 7) is 1.41. The Morgan fingerprint density at radius 1 is 1.75 bits per heavy atom. The quantitative estimate of drug-likeness (QED) is 0.456. The van der Waals surface area contributed by atoms with E-state index >= 15 is 0 Å². The third kappa shape index (κ3) is 0.761. The maximum Gasteiger partial charge on any atom is 0.312 e. The van der Waals surface area contributed by atoms with Gasteiger partial charge in [0.25, 0.3) is 0 Å². The van der Waals surface area contributed by atoms with Crippen LogP contribution in [0.2, 0.25) is 0 Å². The highest BCUT2D eigenvalue weighted by Gasteiger charge is 2.11. The van der Waals surface area contributed by atoms with Gasteiger partial charge in [0, 0.05) is 6.92 Å².